The molecule has 24 heavy (non-hydrogen) atoms. The van der Waals surface area contributed by atoms with Crippen LogP contribution in [0.15, 0.2) is 35.4 Å². The SMILES string of the molecule is Cc1c(S(=O)(=O)NC(C(=O)O)C(C)C)cnn1-c1ccc(Cl)cc1. The number of nitrogens with one attached hydrogen (secondary N) is 1. The fraction of sp³-hybridized carbons (Fsp3) is 0.333. The number of rotatable bonds is 6. The number of carbonyl (C=O) groups is 1. The topological polar surface area (TPSA) is 101 Å². The normalized spacial score (nSPS) is 13.2. The highest BCUT2D eigenvalue weighted by atomic mass is 35.5. The Morgan fingerprint density at radius 3 is 2.38 bits per heavy atom. The summed E-state index contributed by atoms with van der Waals surface area (Å²) >= 11 is 5.84. The molecule has 0 aliphatic carbocycles. The van der Waals surface area contributed by atoms with E-state index in [0.29, 0.717) is 16.4 Å². The monoisotopic (exact) mass is 371 g/mol. The first-order valence-corrected chi connectivity index (χ1v) is 9.05. The lowest BCUT2D eigenvalue weighted by molar-refractivity contribution is -0.140. The minimum absolute atomic E-state index is 0.0654. The van der Waals surface area contributed by atoms with E-state index in [1.54, 1.807) is 45.0 Å². The largest absolute Gasteiger partial charge is 0.480 e. The zero-order valence-electron chi connectivity index (χ0n) is 13.4. The molecular formula is C15H18ClN3O4S. The number of hydrogen-bond donors (Lipinski definition) is 2. The van der Waals surface area contributed by atoms with Crippen LogP contribution in [0.2, 0.25) is 5.02 Å². The maximum absolute atomic E-state index is 12.5. The number of hydrogen-bond acceptors (Lipinski definition) is 4. The fourth-order valence-corrected chi connectivity index (χ4v) is 3.82. The molecule has 130 valence electrons. The first-order chi connectivity index (χ1) is 11.1. The smallest absolute Gasteiger partial charge is 0.322 e. The lowest BCUT2D eigenvalue weighted by Gasteiger charge is -2.17. The Morgan fingerprint density at radius 1 is 1.29 bits per heavy atom. The van der Waals surface area contributed by atoms with Crippen LogP contribution in [0.25, 0.3) is 5.69 Å². The molecule has 0 spiro atoms. The lowest BCUT2D eigenvalue weighted by Crippen LogP contribution is -2.44. The van der Waals surface area contributed by atoms with Gasteiger partial charge in [-0.15, -0.1) is 0 Å². The van der Waals surface area contributed by atoms with E-state index in [9.17, 15) is 18.3 Å². The molecule has 9 heteroatoms. The Bertz CT molecular complexity index is 844. The Kier molecular flexibility index (Phi) is 5.32. The van der Waals surface area contributed by atoms with Crippen molar-refractivity contribution in [3.8, 4) is 5.69 Å². The van der Waals surface area contributed by atoms with Crippen molar-refractivity contribution < 1.29 is 18.3 Å². The van der Waals surface area contributed by atoms with E-state index < -0.39 is 28.0 Å². The van der Waals surface area contributed by atoms with Gasteiger partial charge >= 0.3 is 5.97 Å². The zero-order valence-corrected chi connectivity index (χ0v) is 15.0. The Balaban J connectivity index is 2.39. The molecule has 7 nitrogen and oxygen atoms in total. The molecule has 0 saturated heterocycles. The van der Waals surface area contributed by atoms with Crippen molar-refractivity contribution in [1.29, 1.82) is 0 Å². The number of sulfonamides is 1. The minimum atomic E-state index is -4.02. The number of benzene rings is 1. The van der Waals surface area contributed by atoms with Gasteiger partial charge in [0.15, 0.2) is 0 Å². The highest BCUT2D eigenvalue weighted by Gasteiger charge is 2.30. The fourth-order valence-electron chi connectivity index (χ4n) is 2.20. The summed E-state index contributed by atoms with van der Waals surface area (Å²) in [7, 11) is -4.02. The summed E-state index contributed by atoms with van der Waals surface area (Å²) in [5.41, 5.74) is 1.02. The lowest BCUT2D eigenvalue weighted by atomic mass is 10.1. The van der Waals surface area contributed by atoms with Gasteiger partial charge in [-0.05, 0) is 37.1 Å². The second-order valence-electron chi connectivity index (χ2n) is 5.66. The summed E-state index contributed by atoms with van der Waals surface area (Å²) in [5, 5.41) is 13.8. The van der Waals surface area contributed by atoms with Crippen LogP contribution in [0.1, 0.15) is 19.5 Å². The van der Waals surface area contributed by atoms with Gasteiger partial charge in [-0.1, -0.05) is 25.4 Å². The van der Waals surface area contributed by atoms with Crippen molar-refractivity contribution >= 4 is 27.6 Å². The van der Waals surface area contributed by atoms with E-state index in [1.807, 2.05) is 0 Å². The Hall–Kier alpha value is -1.90. The van der Waals surface area contributed by atoms with E-state index in [2.05, 4.69) is 9.82 Å². The predicted molar refractivity (Wildman–Crippen MR) is 89.9 cm³/mol. The predicted octanol–water partition coefficient (Wildman–Crippen LogP) is 2.22. The van der Waals surface area contributed by atoms with Gasteiger partial charge in [0.05, 0.1) is 17.6 Å². The molecule has 1 atom stereocenters. The molecule has 0 radical (unpaired) electrons. The molecule has 2 N–H and O–H groups in total. The van der Waals surface area contributed by atoms with Gasteiger partial charge < -0.3 is 5.11 Å². The van der Waals surface area contributed by atoms with Crippen molar-refractivity contribution in [3.05, 3.63) is 41.2 Å². The number of aromatic nitrogens is 2. The van der Waals surface area contributed by atoms with E-state index in [1.165, 1.54) is 10.9 Å². The second-order valence-corrected chi connectivity index (χ2v) is 7.78. The number of halogens is 1. The first-order valence-electron chi connectivity index (χ1n) is 7.19. The molecule has 0 fully saturated rings. The van der Waals surface area contributed by atoms with Crippen LogP contribution in [0.4, 0.5) is 0 Å². The zero-order chi connectivity index (χ0) is 18.1. The third-order valence-corrected chi connectivity index (χ3v) is 5.34. The Morgan fingerprint density at radius 2 is 1.88 bits per heavy atom. The number of nitrogens with zero attached hydrogens (tertiary/aromatic N) is 2. The third kappa shape index (κ3) is 3.77. The highest BCUT2D eigenvalue weighted by Crippen LogP contribution is 2.20. The van der Waals surface area contributed by atoms with Crippen LogP contribution in [0.5, 0.6) is 0 Å². The van der Waals surface area contributed by atoms with Gasteiger partial charge in [-0.3, -0.25) is 4.79 Å². The quantitative estimate of drug-likeness (QED) is 0.810. The Labute approximate surface area is 145 Å². The standard InChI is InChI=1S/C15H18ClN3O4S/c1-9(2)14(15(20)21)18-24(22,23)13-8-17-19(10(13)3)12-6-4-11(16)5-7-12/h4-9,14,18H,1-3H3,(H,20,21). The molecular weight excluding hydrogens is 354 g/mol. The van der Waals surface area contributed by atoms with Crippen LogP contribution >= 0.6 is 11.6 Å². The van der Waals surface area contributed by atoms with E-state index >= 15 is 0 Å². The summed E-state index contributed by atoms with van der Waals surface area (Å²) in [6, 6.07) is 5.54. The molecule has 1 aromatic carbocycles. The number of carboxylic acid groups (broad SMARTS) is 1. The van der Waals surface area contributed by atoms with Crippen LogP contribution < -0.4 is 4.72 Å². The first kappa shape index (κ1) is 18.4. The summed E-state index contributed by atoms with van der Waals surface area (Å²) < 4.78 is 28.7. The van der Waals surface area contributed by atoms with Gasteiger partial charge in [-0.25, -0.2) is 13.1 Å². The molecule has 0 aliphatic heterocycles. The molecule has 1 aromatic heterocycles. The van der Waals surface area contributed by atoms with Crippen molar-refractivity contribution in [3.63, 3.8) is 0 Å². The van der Waals surface area contributed by atoms with Gasteiger partial charge in [0.2, 0.25) is 10.0 Å². The molecule has 0 saturated carbocycles. The molecule has 0 amide bonds. The molecule has 1 heterocycles. The van der Waals surface area contributed by atoms with Crippen molar-refractivity contribution in [2.45, 2.75) is 31.7 Å². The molecule has 2 rings (SSSR count). The third-order valence-electron chi connectivity index (χ3n) is 3.54. The van der Waals surface area contributed by atoms with Crippen molar-refractivity contribution in [2.75, 3.05) is 0 Å². The molecule has 1 unspecified atom stereocenters. The van der Waals surface area contributed by atoms with E-state index in [0.717, 1.165) is 0 Å². The van der Waals surface area contributed by atoms with Gasteiger partial charge in [0, 0.05) is 5.02 Å². The van der Waals surface area contributed by atoms with Crippen LogP contribution in [-0.4, -0.2) is 35.3 Å². The molecule has 2 aromatic rings. The summed E-state index contributed by atoms with van der Waals surface area (Å²) in [6.07, 6.45) is 1.20. The van der Waals surface area contributed by atoms with E-state index in [-0.39, 0.29) is 4.90 Å². The summed E-state index contributed by atoms with van der Waals surface area (Å²) in [4.78, 5) is 11.2. The number of carboxylic acids is 1. The van der Waals surface area contributed by atoms with Gasteiger partial charge in [-0.2, -0.15) is 9.82 Å². The van der Waals surface area contributed by atoms with Crippen LogP contribution in [0, 0.1) is 12.8 Å². The van der Waals surface area contributed by atoms with Crippen molar-refractivity contribution in [2.24, 2.45) is 5.92 Å². The number of aliphatic carboxylic acids is 1. The second kappa shape index (κ2) is 6.92. The van der Waals surface area contributed by atoms with E-state index in [4.69, 9.17) is 11.6 Å². The maximum Gasteiger partial charge on any atom is 0.322 e. The van der Waals surface area contributed by atoms with Crippen LogP contribution in [-0.2, 0) is 14.8 Å². The summed E-state index contributed by atoms with van der Waals surface area (Å²) in [5.74, 6) is -1.62. The summed E-state index contributed by atoms with van der Waals surface area (Å²) in [6.45, 7) is 4.86. The van der Waals surface area contributed by atoms with Gasteiger partial charge in [0.1, 0.15) is 10.9 Å². The van der Waals surface area contributed by atoms with Crippen LogP contribution in [0.3, 0.4) is 0 Å². The average molecular weight is 372 g/mol. The maximum atomic E-state index is 12.5. The molecule has 0 aliphatic rings. The highest BCUT2D eigenvalue weighted by molar-refractivity contribution is 7.89. The molecule has 0 bridgehead atoms. The van der Waals surface area contributed by atoms with Crippen molar-refractivity contribution in [1.82, 2.24) is 14.5 Å². The average Bonchev–Trinajstić information content (AvgIpc) is 2.88. The minimum Gasteiger partial charge on any atom is -0.480 e. The van der Waals surface area contributed by atoms with Gasteiger partial charge in [0.25, 0.3) is 0 Å².